The Balaban J connectivity index is 1.89. The molecular weight excluding hydrogens is 218 g/mol. The highest BCUT2D eigenvalue weighted by atomic mass is 19.3. The van der Waals surface area contributed by atoms with Crippen molar-refractivity contribution < 1.29 is 8.78 Å². The summed E-state index contributed by atoms with van der Waals surface area (Å²) in [6.07, 6.45) is 0.991. The first kappa shape index (κ1) is 10.2. The van der Waals surface area contributed by atoms with Gasteiger partial charge in [0.15, 0.2) is 0 Å². The Bertz CT molecular complexity index is 566. The molecule has 0 saturated carbocycles. The van der Waals surface area contributed by atoms with Gasteiger partial charge in [0.2, 0.25) is 0 Å². The van der Waals surface area contributed by atoms with Crippen molar-refractivity contribution in [1.82, 2.24) is 0 Å². The zero-order valence-electron chi connectivity index (χ0n) is 9.03. The molecule has 0 atom stereocenters. The molecule has 0 aliphatic heterocycles. The molecular formula is C15H10F2. The SMILES string of the molecule is FC1(F)C=C1c1ccc(-c2ccccc2)cc1. The van der Waals surface area contributed by atoms with Crippen LogP contribution in [0, 0.1) is 0 Å². The van der Waals surface area contributed by atoms with Gasteiger partial charge in [0.1, 0.15) is 0 Å². The normalized spacial score (nSPS) is 16.5. The van der Waals surface area contributed by atoms with E-state index >= 15 is 0 Å². The van der Waals surface area contributed by atoms with Crippen LogP contribution in [-0.2, 0) is 0 Å². The maximum Gasteiger partial charge on any atom is 0.292 e. The maximum absolute atomic E-state index is 12.8. The Labute approximate surface area is 98.2 Å². The van der Waals surface area contributed by atoms with Crippen LogP contribution in [0.25, 0.3) is 16.7 Å². The fourth-order valence-corrected chi connectivity index (χ4v) is 1.89. The van der Waals surface area contributed by atoms with Crippen LogP contribution < -0.4 is 0 Å². The van der Waals surface area contributed by atoms with Gasteiger partial charge in [0.05, 0.1) is 0 Å². The van der Waals surface area contributed by atoms with Crippen molar-refractivity contribution in [2.45, 2.75) is 5.92 Å². The summed E-state index contributed by atoms with van der Waals surface area (Å²) in [6.45, 7) is 0. The van der Waals surface area contributed by atoms with Gasteiger partial charge in [-0.25, -0.2) is 0 Å². The molecule has 0 spiro atoms. The summed E-state index contributed by atoms with van der Waals surface area (Å²) in [5, 5.41) is 0. The molecule has 0 N–H and O–H groups in total. The predicted molar refractivity (Wildman–Crippen MR) is 64.8 cm³/mol. The third-order valence-electron chi connectivity index (χ3n) is 2.90. The Kier molecular flexibility index (Phi) is 2.11. The van der Waals surface area contributed by atoms with Crippen LogP contribution >= 0.6 is 0 Å². The third kappa shape index (κ3) is 1.86. The van der Waals surface area contributed by atoms with E-state index in [4.69, 9.17) is 0 Å². The molecule has 2 heteroatoms. The van der Waals surface area contributed by atoms with Gasteiger partial charge >= 0.3 is 0 Å². The molecule has 0 radical (unpaired) electrons. The second-order valence-corrected chi connectivity index (χ2v) is 4.12. The van der Waals surface area contributed by atoms with Crippen LogP contribution in [0.1, 0.15) is 5.56 Å². The van der Waals surface area contributed by atoms with E-state index in [2.05, 4.69) is 0 Å². The average Bonchev–Trinajstić information content (AvgIpc) is 3.00. The molecule has 0 heterocycles. The van der Waals surface area contributed by atoms with Crippen molar-refractivity contribution >= 4 is 5.57 Å². The summed E-state index contributed by atoms with van der Waals surface area (Å²) in [7, 11) is 0. The van der Waals surface area contributed by atoms with Crippen LogP contribution in [0.2, 0.25) is 0 Å². The lowest BCUT2D eigenvalue weighted by Gasteiger charge is -2.03. The number of hydrogen-bond donors (Lipinski definition) is 0. The van der Waals surface area contributed by atoms with E-state index in [1.807, 2.05) is 42.5 Å². The van der Waals surface area contributed by atoms with Crippen LogP contribution in [0.4, 0.5) is 8.78 Å². The average molecular weight is 228 g/mol. The highest BCUT2D eigenvalue weighted by Crippen LogP contribution is 2.47. The highest BCUT2D eigenvalue weighted by molar-refractivity contribution is 5.86. The minimum atomic E-state index is -2.69. The Morgan fingerprint density at radius 2 is 1.12 bits per heavy atom. The topological polar surface area (TPSA) is 0 Å². The van der Waals surface area contributed by atoms with Crippen molar-refractivity contribution in [3.8, 4) is 11.1 Å². The van der Waals surface area contributed by atoms with Crippen molar-refractivity contribution in [1.29, 1.82) is 0 Å². The summed E-state index contributed by atoms with van der Waals surface area (Å²) in [4.78, 5) is 0. The molecule has 0 amide bonds. The lowest BCUT2D eigenvalue weighted by molar-refractivity contribution is 0.159. The van der Waals surface area contributed by atoms with Gasteiger partial charge in [0, 0.05) is 5.57 Å². The second kappa shape index (κ2) is 3.52. The lowest BCUT2D eigenvalue weighted by Crippen LogP contribution is -1.93. The van der Waals surface area contributed by atoms with Crippen LogP contribution in [0.15, 0.2) is 60.7 Å². The summed E-state index contributed by atoms with van der Waals surface area (Å²) in [6, 6.07) is 17.1. The minimum Gasteiger partial charge on any atom is -0.196 e. The number of hydrogen-bond acceptors (Lipinski definition) is 0. The Morgan fingerprint density at radius 3 is 1.65 bits per heavy atom. The van der Waals surface area contributed by atoms with Gasteiger partial charge < -0.3 is 0 Å². The molecule has 0 saturated heterocycles. The molecule has 0 aromatic heterocycles. The van der Waals surface area contributed by atoms with Crippen LogP contribution in [-0.4, -0.2) is 5.92 Å². The highest BCUT2D eigenvalue weighted by Gasteiger charge is 2.45. The standard InChI is InChI=1S/C15H10F2/c16-15(17)10-14(15)13-8-6-12(7-9-13)11-4-2-1-3-5-11/h1-10H. The van der Waals surface area contributed by atoms with E-state index in [-0.39, 0.29) is 5.57 Å². The van der Waals surface area contributed by atoms with E-state index < -0.39 is 5.92 Å². The summed E-state index contributed by atoms with van der Waals surface area (Å²) in [5.74, 6) is -2.69. The molecule has 3 rings (SSSR count). The quantitative estimate of drug-likeness (QED) is 0.715. The number of allylic oxidation sites excluding steroid dienone is 2. The van der Waals surface area contributed by atoms with E-state index in [1.165, 1.54) is 0 Å². The van der Waals surface area contributed by atoms with Gasteiger partial charge in [0.25, 0.3) is 5.92 Å². The number of rotatable bonds is 2. The third-order valence-corrected chi connectivity index (χ3v) is 2.90. The number of halogens is 2. The monoisotopic (exact) mass is 228 g/mol. The fourth-order valence-electron chi connectivity index (χ4n) is 1.89. The summed E-state index contributed by atoms with van der Waals surface area (Å²) < 4.78 is 25.6. The largest absolute Gasteiger partial charge is 0.292 e. The van der Waals surface area contributed by atoms with Crippen molar-refractivity contribution in [3.63, 3.8) is 0 Å². The molecule has 0 fully saturated rings. The molecule has 2 aromatic rings. The zero-order chi connectivity index (χ0) is 11.9. The number of benzene rings is 2. The van der Waals surface area contributed by atoms with Crippen LogP contribution in [0.5, 0.6) is 0 Å². The fraction of sp³-hybridized carbons (Fsp3) is 0.0667. The van der Waals surface area contributed by atoms with Gasteiger partial charge in [-0.05, 0) is 22.8 Å². The van der Waals surface area contributed by atoms with Gasteiger partial charge in [-0.15, -0.1) is 0 Å². The van der Waals surface area contributed by atoms with Crippen molar-refractivity contribution in [2.75, 3.05) is 0 Å². The molecule has 2 aromatic carbocycles. The molecule has 1 aliphatic rings. The smallest absolute Gasteiger partial charge is 0.196 e. The lowest BCUT2D eigenvalue weighted by atomic mass is 10.0. The molecule has 84 valence electrons. The molecule has 0 unspecified atom stereocenters. The van der Waals surface area contributed by atoms with Crippen LogP contribution in [0.3, 0.4) is 0 Å². The molecule has 0 nitrogen and oxygen atoms in total. The molecule has 0 bridgehead atoms. The van der Waals surface area contributed by atoms with Crippen molar-refractivity contribution in [3.05, 3.63) is 66.2 Å². The first-order chi connectivity index (χ1) is 8.17. The molecule has 17 heavy (non-hydrogen) atoms. The number of alkyl halides is 2. The van der Waals surface area contributed by atoms with E-state index in [9.17, 15) is 8.78 Å². The van der Waals surface area contributed by atoms with E-state index in [0.29, 0.717) is 5.56 Å². The van der Waals surface area contributed by atoms with Gasteiger partial charge in [-0.1, -0.05) is 54.6 Å². The predicted octanol–water partition coefficient (Wildman–Crippen LogP) is 4.39. The van der Waals surface area contributed by atoms with Crippen molar-refractivity contribution in [2.24, 2.45) is 0 Å². The van der Waals surface area contributed by atoms with E-state index in [0.717, 1.165) is 17.2 Å². The minimum absolute atomic E-state index is 0.136. The zero-order valence-corrected chi connectivity index (χ0v) is 9.03. The molecule has 1 aliphatic carbocycles. The van der Waals surface area contributed by atoms with Gasteiger partial charge in [-0.3, -0.25) is 0 Å². The first-order valence-electron chi connectivity index (χ1n) is 5.44. The Morgan fingerprint density at radius 1 is 0.647 bits per heavy atom. The maximum atomic E-state index is 12.8. The Hall–Kier alpha value is -1.96. The summed E-state index contributed by atoms with van der Waals surface area (Å²) in [5.41, 5.74) is 2.88. The van der Waals surface area contributed by atoms with E-state index in [1.54, 1.807) is 12.1 Å². The second-order valence-electron chi connectivity index (χ2n) is 4.12. The first-order valence-corrected chi connectivity index (χ1v) is 5.44. The summed E-state index contributed by atoms with van der Waals surface area (Å²) >= 11 is 0. The van der Waals surface area contributed by atoms with Gasteiger partial charge in [-0.2, -0.15) is 8.78 Å².